The minimum absolute atomic E-state index is 0.486. The van der Waals surface area contributed by atoms with Crippen LogP contribution in [0.25, 0.3) is 5.65 Å². The lowest BCUT2D eigenvalue weighted by Crippen LogP contribution is -2.28. The molecule has 2 N–H and O–H groups in total. The van der Waals surface area contributed by atoms with Gasteiger partial charge >= 0.3 is 6.09 Å². The predicted octanol–water partition coefficient (Wildman–Crippen LogP) is 3.69. The van der Waals surface area contributed by atoms with Crippen molar-refractivity contribution in [3.8, 4) is 0 Å². The minimum Gasteiger partial charge on any atom is -0.444 e. The van der Waals surface area contributed by atoms with Crippen LogP contribution in [0.3, 0.4) is 0 Å². The highest BCUT2D eigenvalue weighted by Crippen LogP contribution is 2.18. The van der Waals surface area contributed by atoms with E-state index in [1.165, 1.54) is 0 Å². The molecule has 2 aromatic heterocycles. The zero-order chi connectivity index (χ0) is 17.9. The topological polar surface area (TPSA) is 80.5 Å². The van der Waals surface area contributed by atoms with E-state index in [0.717, 1.165) is 5.56 Å². The van der Waals surface area contributed by atoms with E-state index in [1.807, 2.05) is 51.1 Å². The Balaban J connectivity index is 1.80. The third kappa shape index (κ3) is 4.47. The number of fused-ring (bicyclic) bond motifs is 1. The largest absolute Gasteiger partial charge is 0.444 e. The van der Waals surface area contributed by atoms with E-state index in [1.54, 1.807) is 22.8 Å². The second kappa shape index (κ2) is 6.80. The molecule has 3 rings (SSSR count). The highest BCUT2D eigenvalue weighted by atomic mass is 16.6. The molecule has 1 aromatic carbocycles. The van der Waals surface area contributed by atoms with Crippen LogP contribution in [0.2, 0.25) is 0 Å². The fraction of sp³-hybridized carbons (Fsp3) is 0.278. The minimum atomic E-state index is -0.575. The van der Waals surface area contributed by atoms with Crippen LogP contribution in [0.4, 0.5) is 16.4 Å². The number of carbonyl (C=O) groups excluding carboxylic acids is 1. The summed E-state index contributed by atoms with van der Waals surface area (Å²) in [6.07, 6.45) is 1.09. The summed E-state index contributed by atoms with van der Waals surface area (Å²) in [5, 5.41) is 10.2. The smallest absolute Gasteiger partial charge is 0.413 e. The highest BCUT2D eigenvalue weighted by Gasteiger charge is 2.18. The fourth-order valence-electron chi connectivity index (χ4n) is 2.29. The lowest BCUT2D eigenvalue weighted by molar-refractivity contribution is 0.0635. The van der Waals surface area contributed by atoms with Gasteiger partial charge in [0.15, 0.2) is 5.65 Å². The van der Waals surface area contributed by atoms with Gasteiger partial charge in [0.05, 0.1) is 6.20 Å². The quantitative estimate of drug-likeness (QED) is 0.758. The molecule has 1 amide bonds. The summed E-state index contributed by atoms with van der Waals surface area (Å²) in [5.74, 6) is 1.13. The van der Waals surface area contributed by atoms with Gasteiger partial charge in [0, 0.05) is 18.7 Å². The van der Waals surface area contributed by atoms with E-state index in [0.29, 0.717) is 23.8 Å². The third-order valence-electron chi connectivity index (χ3n) is 3.30. The number of carbonyl (C=O) groups is 1. The molecular formula is C18H21N5O2. The van der Waals surface area contributed by atoms with Crippen molar-refractivity contribution in [1.82, 2.24) is 14.6 Å². The number of anilines is 2. The van der Waals surface area contributed by atoms with Crippen LogP contribution in [0.1, 0.15) is 26.3 Å². The van der Waals surface area contributed by atoms with Crippen LogP contribution < -0.4 is 10.6 Å². The Morgan fingerprint density at radius 1 is 1.20 bits per heavy atom. The molecule has 0 aliphatic rings. The SMILES string of the molecule is CC(C)(C)OC(=O)Nc1cc(NCc2ccccc2)nc2ccnn12. The number of aromatic nitrogens is 3. The first-order valence-electron chi connectivity index (χ1n) is 8.03. The van der Waals surface area contributed by atoms with Crippen LogP contribution >= 0.6 is 0 Å². The summed E-state index contributed by atoms with van der Waals surface area (Å²) in [7, 11) is 0. The van der Waals surface area contributed by atoms with Crippen LogP contribution in [0.5, 0.6) is 0 Å². The molecule has 7 heteroatoms. The van der Waals surface area contributed by atoms with E-state index in [4.69, 9.17) is 4.74 Å². The molecule has 0 bridgehead atoms. The number of hydrogen-bond acceptors (Lipinski definition) is 5. The Kier molecular flexibility index (Phi) is 4.56. The molecule has 2 heterocycles. The fourth-order valence-corrected chi connectivity index (χ4v) is 2.29. The summed E-state index contributed by atoms with van der Waals surface area (Å²) < 4.78 is 6.86. The molecule has 0 unspecified atom stereocenters. The van der Waals surface area contributed by atoms with Crippen molar-refractivity contribution in [3.63, 3.8) is 0 Å². The van der Waals surface area contributed by atoms with Gasteiger partial charge in [-0.25, -0.2) is 9.78 Å². The van der Waals surface area contributed by atoms with Crippen molar-refractivity contribution in [1.29, 1.82) is 0 Å². The average molecular weight is 339 g/mol. The van der Waals surface area contributed by atoms with Crippen molar-refractivity contribution in [3.05, 3.63) is 54.2 Å². The van der Waals surface area contributed by atoms with Gasteiger partial charge in [-0.05, 0) is 26.3 Å². The standard InChI is InChI=1S/C18H21N5O2/c1-18(2,3)25-17(24)22-16-11-14(21-15-9-10-20-23(15)16)19-12-13-7-5-4-6-8-13/h4-11H,12H2,1-3H3,(H,19,21)(H,22,24). The number of hydrogen-bond donors (Lipinski definition) is 2. The normalized spacial score (nSPS) is 11.3. The van der Waals surface area contributed by atoms with E-state index < -0.39 is 11.7 Å². The molecule has 130 valence electrons. The molecule has 0 radical (unpaired) electrons. The molecule has 0 aliphatic carbocycles. The van der Waals surface area contributed by atoms with Crippen LogP contribution in [-0.4, -0.2) is 26.3 Å². The van der Waals surface area contributed by atoms with Crippen LogP contribution in [0.15, 0.2) is 48.7 Å². The van der Waals surface area contributed by atoms with Crippen molar-refractivity contribution in [2.75, 3.05) is 10.6 Å². The third-order valence-corrected chi connectivity index (χ3v) is 3.30. The van der Waals surface area contributed by atoms with Gasteiger partial charge in [0.25, 0.3) is 0 Å². The Labute approximate surface area is 146 Å². The second-order valence-electron chi connectivity index (χ2n) is 6.59. The summed E-state index contributed by atoms with van der Waals surface area (Å²) in [6, 6.07) is 13.5. The molecule has 25 heavy (non-hydrogen) atoms. The number of amides is 1. The molecule has 7 nitrogen and oxygen atoms in total. The van der Waals surface area contributed by atoms with Crippen molar-refractivity contribution < 1.29 is 9.53 Å². The van der Waals surface area contributed by atoms with Gasteiger partial charge in [0.2, 0.25) is 0 Å². The van der Waals surface area contributed by atoms with Gasteiger partial charge in [-0.15, -0.1) is 0 Å². The average Bonchev–Trinajstić information content (AvgIpc) is 3.01. The molecule has 0 spiro atoms. The van der Waals surface area contributed by atoms with Crippen LogP contribution in [0, 0.1) is 0 Å². The number of rotatable bonds is 4. The van der Waals surface area contributed by atoms with Crippen molar-refractivity contribution in [2.24, 2.45) is 0 Å². The Hall–Kier alpha value is -3.09. The van der Waals surface area contributed by atoms with Gasteiger partial charge in [-0.2, -0.15) is 9.61 Å². The van der Waals surface area contributed by atoms with Gasteiger partial charge in [-0.1, -0.05) is 30.3 Å². The maximum absolute atomic E-state index is 12.1. The van der Waals surface area contributed by atoms with E-state index >= 15 is 0 Å². The Morgan fingerprint density at radius 3 is 2.68 bits per heavy atom. The number of nitrogens with zero attached hydrogens (tertiary/aromatic N) is 3. The summed E-state index contributed by atoms with van der Waals surface area (Å²) in [6.45, 7) is 6.07. The molecular weight excluding hydrogens is 318 g/mol. The first kappa shape index (κ1) is 16.8. The first-order chi connectivity index (χ1) is 11.9. The monoisotopic (exact) mass is 339 g/mol. The first-order valence-corrected chi connectivity index (χ1v) is 8.03. The molecule has 0 fully saturated rings. The maximum Gasteiger partial charge on any atom is 0.413 e. The highest BCUT2D eigenvalue weighted by molar-refractivity contribution is 5.84. The van der Waals surface area contributed by atoms with E-state index in [2.05, 4.69) is 20.7 Å². The zero-order valence-electron chi connectivity index (χ0n) is 14.5. The van der Waals surface area contributed by atoms with E-state index in [-0.39, 0.29) is 0 Å². The maximum atomic E-state index is 12.1. The number of nitrogens with one attached hydrogen (secondary N) is 2. The number of ether oxygens (including phenoxy) is 1. The van der Waals surface area contributed by atoms with E-state index in [9.17, 15) is 4.79 Å². The second-order valence-corrected chi connectivity index (χ2v) is 6.59. The van der Waals surface area contributed by atoms with Crippen LogP contribution in [-0.2, 0) is 11.3 Å². The van der Waals surface area contributed by atoms with Gasteiger partial charge < -0.3 is 10.1 Å². The predicted molar refractivity (Wildman–Crippen MR) is 96.6 cm³/mol. The summed E-state index contributed by atoms with van der Waals surface area (Å²) in [4.78, 5) is 16.6. The molecule has 0 saturated heterocycles. The van der Waals surface area contributed by atoms with Crippen molar-refractivity contribution >= 4 is 23.4 Å². The lowest BCUT2D eigenvalue weighted by Gasteiger charge is -2.20. The van der Waals surface area contributed by atoms with Gasteiger partial charge in [-0.3, -0.25) is 5.32 Å². The Bertz CT molecular complexity index is 868. The number of benzene rings is 1. The molecule has 3 aromatic rings. The molecule has 0 aliphatic heterocycles. The molecule has 0 atom stereocenters. The van der Waals surface area contributed by atoms with Gasteiger partial charge in [0.1, 0.15) is 17.2 Å². The zero-order valence-corrected chi connectivity index (χ0v) is 14.5. The summed E-state index contributed by atoms with van der Waals surface area (Å²) >= 11 is 0. The van der Waals surface area contributed by atoms with Crippen molar-refractivity contribution in [2.45, 2.75) is 32.9 Å². The summed E-state index contributed by atoms with van der Waals surface area (Å²) in [5.41, 5.74) is 1.19. The lowest BCUT2D eigenvalue weighted by atomic mass is 10.2. The molecule has 0 saturated carbocycles. The Morgan fingerprint density at radius 2 is 1.96 bits per heavy atom.